The first kappa shape index (κ1) is 26.2. The van der Waals surface area contributed by atoms with Gasteiger partial charge < -0.3 is 29.5 Å². The Morgan fingerprint density at radius 3 is 2.56 bits per heavy atom. The average Bonchev–Trinajstić information content (AvgIpc) is 3.18. The van der Waals surface area contributed by atoms with Gasteiger partial charge in [0.1, 0.15) is 18.3 Å². The number of aryl methyl sites for hydroxylation is 2. The summed E-state index contributed by atoms with van der Waals surface area (Å²) in [5.41, 5.74) is 0.917. The molecule has 10 nitrogen and oxygen atoms in total. The molecule has 0 unspecified atom stereocenters. The molecule has 0 spiro atoms. The summed E-state index contributed by atoms with van der Waals surface area (Å²) in [5.74, 6) is -0.0976. The third-order valence-electron chi connectivity index (χ3n) is 5.72. The molecule has 0 radical (unpaired) electrons. The Balaban J connectivity index is 2.01. The zero-order valence-corrected chi connectivity index (χ0v) is 19.5. The van der Waals surface area contributed by atoms with Crippen LogP contribution in [0.4, 0.5) is 0 Å². The van der Waals surface area contributed by atoms with Gasteiger partial charge in [-0.1, -0.05) is 0 Å². The third kappa shape index (κ3) is 8.50. The van der Waals surface area contributed by atoms with E-state index < -0.39 is 18.3 Å². The van der Waals surface area contributed by atoms with E-state index in [1.807, 2.05) is 24.1 Å². The van der Waals surface area contributed by atoms with Gasteiger partial charge in [-0.3, -0.25) is 14.3 Å². The van der Waals surface area contributed by atoms with Crippen molar-refractivity contribution >= 4 is 11.8 Å². The number of ether oxygens (including phenoxy) is 2. The molecule has 0 aliphatic carbocycles. The fraction of sp³-hybridized carbons (Fsp3) is 0.773. The summed E-state index contributed by atoms with van der Waals surface area (Å²) in [6.45, 7) is 6.02. The molecule has 1 aliphatic heterocycles. The van der Waals surface area contributed by atoms with Gasteiger partial charge in [-0.25, -0.2) is 0 Å². The van der Waals surface area contributed by atoms with Crippen molar-refractivity contribution < 1.29 is 29.3 Å². The zero-order chi connectivity index (χ0) is 23.5. The number of carbonyl (C=O) groups is 2. The minimum atomic E-state index is -1.17. The van der Waals surface area contributed by atoms with Crippen LogP contribution in [0, 0.1) is 6.92 Å². The Hall–Kier alpha value is -2.01. The molecule has 2 N–H and O–H groups in total. The van der Waals surface area contributed by atoms with Crippen LogP contribution >= 0.6 is 0 Å². The molecule has 2 rings (SSSR count). The van der Waals surface area contributed by atoms with Gasteiger partial charge in [-0.15, -0.1) is 0 Å². The molecule has 0 saturated carbocycles. The highest BCUT2D eigenvalue weighted by molar-refractivity contribution is 5.76. The van der Waals surface area contributed by atoms with Crippen molar-refractivity contribution in [2.24, 2.45) is 0 Å². The number of nitrogens with zero attached hydrogens (tertiary/aromatic N) is 4. The highest BCUT2D eigenvalue weighted by Crippen LogP contribution is 2.11. The lowest BCUT2D eigenvalue weighted by molar-refractivity contribution is -0.136. The van der Waals surface area contributed by atoms with Gasteiger partial charge in [-0.05, 0) is 32.3 Å². The lowest BCUT2D eigenvalue weighted by atomic mass is 10.1. The maximum absolute atomic E-state index is 12.9. The van der Waals surface area contributed by atoms with Crippen LogP contribution in [-0.2, 0) is 25.6 Å². The van der Waals surface area contributed by atoms with E-state index in [1.54, 1.807) is 9.58 Å². The topological polar surface area (TPSA) is 117 Å². The number of aromatic nitrogens is 2. The van der Waals surface area contributed by atoms with Crippen molar-refractivity contribution in [3.63, 3.8) is 0 Å². The Kier molecular flexibility index (Phi) is 11.1. The normalized spacial score (nSPS) is 24.6. The molecule has 2 heterocycles. The van der Waals surface area contributed by atoms with E-state index in [0.717, 1.165) is 18.5 Å². The molecule has 1 fully saturated rings. The van der Waals surface area contributed by atoms with Crippen LogP contribution in [0.2, 0.25) is 0 Å². The fourth-order valence-corrected chi connectivity index (χ4v) is 3.74. The number of methoxy groups -OCH3 is 1. The molecule has 10 heteroatoms. The number of aliphatic hydroxyl groups excluding tert-OH is 2. The van der Waals surface area contributed by atoms with Gasteiger partial charge >= 0.3 is 0 Å². The highest BCUT2D eigenvalue weighted by Gasteiger charge is 2.29. The van der Waals surface area contributed by atoms with E-state index in [9.17, 15) is 19.8 Å². The van der Waals surface area contributed by atoms with E-state index in [2.05, 4.69) is 5.10 Å². The minimum Gasteiger partial charge on any atom is -0.388 e. The monoisotopic (exact) mass is 454 g/mol. The van der Waals surface area contributed by atoms with Gasteiger partial charge in [0.2, 0.25) is 11.8 Å². The van der Waals surface area contributed by atoms with Gasteiger partial charge in [0.05, 0.1) is 12.3 Å². The molecule has 1 aromatic rings. The highest BCUT2D eigenvalue weighted by atomic mass is 16.5. The van der Waals surface area contributed by atoms with Gasteiger partial charge in [0, 0.05) is 66.0 Å². The van der Waals surface area contributed by atoms with E-state index in [-0.39, 0.29) is 25.0 Å². The number of aliphatic hydroxyl groups is 2. The fourth-order valence-electron chi connectivity index (χ4n) is 3.74. The summed E-state index contributed by atoms with van der Waals surface area (Å²) in [5, 5.41) is 25.0. The van der Waals surface area contributed by atoms with E-state index >= 15 is 0 Å². The second kappa shape index (κ2) is 13.5. The maximum atomic E-state index is 12.9. The van der Waals surface area contributed by atoms with Crippen molar-refractivity contribution in [1.82, 2.24) is 19.6 Å². The van der Waals surface area contributed by atoms with Gasteiger partial charge in [0.15, 0.2) is 0 Å². The predicted molar refractivity (Wildman–Crippen MR) is 118 cm³/mol. The molecule has 1 aromatic heterocycles. The molecule has 1 saturated heterocycles. The van der Waals surface area contributed by atoms with Gasteiger partial charge in [0.25, 0.3) is 0 Å². The van der Waals surface area contributed by atoms with Crippen LogP contribution in [0.1, 0.15) is 38.3 Å². The van der Waals surface area contributed by atoms with Gasteiger partial charge in [-0.2, -0.15) is 5.10 Å². The van der Waals surface area contributed by atoms with Crippen molar-refractivity contribution in [3.8, 4) is 0 Å². The molecular weight excluding hydrogens is 416 g/mol. The van der Waals surface area contributed by atoms with Crippen molar-refractivity contribution in [2.75, 3.05) is 46.5 Å². The van der Waals surface area contributed by atoms with Crippen molar-refractivity contribution in [2.45, 2.75) is 64.4 Å². The molecule has 32 heavy (non-hydrogen) atoms. The maximum Gasteiger partial charge on any atom is 0.224 e. The summed E-state index contributed by atoms with van der Waals surface area (Å²) >= 11 is 0. The first-order chi connectivity index (χ1) is 15.3. The average molecular weight is 455 g/mol. The first-order valence-corrected chi connectivity index (χ1v) is 11.3. The lowest BCUT2D eigenvalue weighted by Gasteiger charge is -2.31. The van der Waals surface area contributed by atoms with Crippen molar-refractivity contribution in [3.05, 3.63) is 18.0 Å². The largest absolute Gasteiger partial charge is 0.388 e. The molecule has 0 bridgehead atoms. The summed E-state index contributed by atoms with van der Waals surface area (Å²) in [7, 11) is 1.44. The Labute approximate surface area is 190 Å². The first-order valence-electron chi connectivity index (χ1n) is 11.3. The molecule has 1 aliphatic rings. The lowest BCUT2D eigenvalue weighted by Crippen LogP contribution is -2.48. The van der Waals surface area contributed by atoms with E-state index in [1.165, 1.54) is 14.0 Å². The van der Waals surface area contributed by atoms with Crippen LogP contribution in [0.15, 0.2) is 12.3 Å². The smallest absolute Gasteiger partial charge is 0.224 e. The molecule has 3 atom stereocenters. The predicted octanol–water partition coefficient (Wildman–Crippen LogP) is 0.196. The number of amides is 2. The number of hydrogen-bond donors (Lipinski definition) is 2. The third-order valence-corrected chi connectivity index (χ3v) is 5.72. The quantitative estimate of drug-likeness (QED) is 0.667. The summed E-state index contributed by atoms with van der Waals surface area (Å²) in [4.78, 5) is 28.4. The molecule has 2 amide bonds. The second-order valence-corrected chi connectivity index (χ2v) is 8.28. The minimum absolute atomic E-state index is 0.0208. The van der Waals surface area contributed by atoms with E-state index in [0.29, 0.717) is 45.6 Å². The van der Waals surface area contributed by atoms with Crippen molar-refractivity contribution in [1.29, 1.82) is 0 Å². The summed E-state index contributed by atoms with van der Waals surface area (Å²) in [6.07, 6.45) is 1.32. The summed E-state index contributed by atoms with van der Waals surface area (Å²) < 4.78 is 12.6. The second-order valence-electron chi connectivity index (χ2n) is 8.28. The van der Waals surface area contributed by atoms with Crippen LogP contribution in [0.5, 0.6) is 0 Å². The Bertz CT molecular complexity index is 712. The number of carbonyl (C=O) groups excluding carboxylic acids is 2. The standard InChI is InChI=1S/C22H38N4O6/c1-17-7-12-26(23-17)13-8-21(29)24-9-4-5-14-32-16-19(28)22(30)20(31-3)15-25(18(2)27)11-6-10-24/h7,12,19-20,22,28,30H,4-6,8-11,13-16H2,1-3H3/t19-,20-,22-/m0/s1. The number of hydrogen-bond acceptors (Lipinski definition) is 7. The zero-order valence-electron chi connectivity index (χ0n) is 19.5. The molecule has 182 valence electrons. The number of rotatable bonds is 4. The van der Waals surface area contributed by atoms with E-state index in [4.69, 9.17) is 9.47 Å². The van der Waals surface area contributed by atoms with Crippen LogP contribution < -0.4 is 0 Å². The van der Waals surface area contributed by atoms with Crippen LogP contribution in [0.25, 0.3) is 0 Å². The Morgan fingerprint density at radius 2 is 1.91 bits per heavy atom. The molecular formula is C22H38N4O6. The Morgan fingerprint density at radius 1 is 1.19 bits per heavy atom. The SMILES string of the molecule is CO[C@H]1CN(C(C)=O)CCCN(C(=O)CCn2ccc(C)n2)CCCCOC[C@H](O)[C@@H]1O. The van der Waals surface area contributed by atoms with Crippen LogP contribution in [0.3, 0.4) is 0 Å². The van der Waals surface area contributed by atoms with Crippen LogP contribution in [-0.4, -0.2) is 106 Å². The summed E-state index contributed by atoms with van der Waals surface area (Å²) in [6, 6.07) is 1.91. The molecule has 0 aromatic carbocycles.